The van der Waals surface area contributed by atoms with Crippen molar-refractivity contribution < 1.29 is 23.3 Å². The molecule has 6 nitrogen and oxygen atoms in total. The summed E-state index contributed by atoms with van der Waals surface area (Å²) in [5, 5.41) is 0. The molecule has 0 amide bonds. The minimum atomic E-state index is -4.06. The SMILES string of the molecule is O=C(c1cccnc1)C1CCOP(=O)(O)O1. The third kappa shape index (κ3) is 2.54. The first-order valence-electron chi connectivity index (χ1n) is 4.68. The van der Waals surface area contributed by atoms with Crippen LogP contribution in [0, 0.1) is 0 Å². The largest absolute Gasteiger partial charge is 0.472 e. The summed E-state index contributed by atoms with van der Waals surface area (Å²) >= 11 is 0. The lowest BCUT2D eigenvalue weighted by molar-refractivity contribution is 0.0388. The van der Waals surface area contributed by atoms with Crippen molar-refractivity contribution >= 4 is 13.6 Å². The monoisotopic (exact) mass is 243 g/mol. The first-order chi connectivity index (χ1) is 7.58. The molecule has 16 heavy (non-hydrogen) atoms. The van der Waals surface area contributed by atoms with Crippen molar-refractivity contribution in [1.82, 2.24) is 4.98 Å². The average molecular weight is 243 g/mol. The van der Waals surface area contributed by atoms with Gasteiger partial charge >= 0.3 is 7.82 Å². The van der Waals surface area contributed by atoms with Crippen LogP contribution in [0.15, 0.2) is 24.5 Å². The smallest absolute Gasteiger partial charge is 0.302 e. The zero-order valence-electron chi connectivity index (χ0n) is 8.28. The molecule has 2 atom stereocenters. The lowest BCUT2D eigenvalue weighted by Crippen LogP contribution is -2.28. The number of phosphoric ester groups is 1. The quantitative estimate of drug-likeness (QED) is 0.619. The highest BCUT2D eigenvalue weighted by molar-refractivity contribution is 7.47. The fraction of sp³-hybridized carbons (Fsp3) is 0.333. The number of carbonyl (C=O) groups is 1. The van der Waals surface area contributed by atoms with Gasteiger partial charge in [0.15, 0.2) is 5.78 Å². The molecular weight excluding hydrogens is 233 g/mol. The number of hydrogen-bond acceptors (Lipinski definition) is 5. The van der Waals surface area contributed by atoms with Crippen molar-refractivity contribution in [3.05, 3.63) is 30.1 Å². The zero-order valence-corrected chi connectivity index (χ0v) is 9.17. The molecule has 1 aromatic heterocycles. The van der Waals surface area contributed by atoms with Gasteiger partial charge in [-0.3, -0.25) is 18.8 Å². The molecule has 0 bridgehead atoms. The summed E-state index contributed by atoms with van der Waals surface area (Å²) in [6.45, 7) is 0.0322. The topological polar surface area (TPSA) is 85.7 Å². The van der Waals surface area contributed by atoms with Crippen LogP contribution in [0.5, 0.6) is 0 Å². The molecule has 2 heterocycles. The fourth-order valence-electron chi connectivity index (χ4n) is 1.39. The second kappa shape index (κ2) is 4.43. The van der Waals surface area contributed by atoms with Gasteiger partial charge < -0.3 is 4.89 Å². The van der Waals surface area contributed by atoms with E-state index in [0.717, 1.165) is 0 Å². The molecule has 1 fully saturated rings. The highest BCUT2D eigenvalue weighted by Crippen LogP contribution is 2.48. The number of pyridine rings is 1. The summed E-state index contributed by atoms with van der Waals surface area (Å²) in [6, 6.07) is 3.20. The molecule has 2 rings (SSSR count). The van der Waals surface area contributed by atoms with Crippen LogP contribution < -0.4 is 0 Å². The van der Waals surface area contributed by atoms with Crippen LogP contribution >= 0.6 is 7.82 Å². The van der Waals surface area contributed by atoms with Crippen LogP contribution in [-0.2, 0) is 13.6 Å². The summed E-state index contributed by atoms with van der Waals surface area (Å²) in [5.74, 6) is -0.356. The lowest BCUT2D eigenvalue weighted by atomic mass is 10.1. The number of hydrogen-bond donors (Lipinski definition) is 1. The van der Waals surface area contributed by atoms with E-state index in [0.29, 0.717) is 5.56 Å². The molecule has 1 aromatic rings. The molecule has 1 N–H and O–H groups in total. The summed E-state index contributed by atoms with van der Waals surface area (Å²) < 4.78 is 20.3. The summed E-state index contributed by atoms with van der Waals surface area (Å²) in [6.07, 6.45) is 2.26. The molecule has 1 saturated heterocycles. The van der Waals surface area contributed by atoms with Gasteiger partial charge in [-0.1, -0.05) is 0 Å². The van der Waals surface area contributed by atoms with Crippen molar-refractivity contribution in [1.29, 1.82) is 0 Å². The normalized spacial score (nSPS) is 29.9. The van der Waals surface area contributed by atoms with Crippen LogP contribution in [0.1, 0.15) is 16.8 Å². The van der Waals surface area contributed by atoms with Gasteiger partial charge in [-0.2, -0.15) is 0 Å². The number of ketones is 1. The molecule has 0 saturated carbocycles. The molecule has 1 aliphatic heterocycles. The zero-order chi connectivity index (χ0) is 11.6. The average Bonchev–Trinajstić information content (AvgIpc) is 2.28. The number of carbonyl (C=O) groups excluding carboxylic acids is 1. The molecule has 86 valence electrons. The Morgan fingerprint density at radius 3 is 3.06 bits per heavy atom. The lowest BCUT2D eigenvalue weighted by Gasteiger charge is -2.24. The van der Waals surface area contributed by atoms with E-state index in [4.69, 9.17) is 9.42 Å². The number of phosphoric acid groups is 1. The van der Waals surface area contributed by atoms with Gasteiger partial charge in [-0.05, 0) is 12.1 Å². The Morgan fingerprint density at radius 1 is 1.62 bits per heavy atom. The standard InChI is InChI=1S/C9H10NO5P/c11-9(7-2-1-4-10-6-7)8-3-5-14-16(12,13)15-8/h1-2,4,6,8H,3,5H2,(H,12,13). The molecule has 2 unspecified atom stereocenters. The predicted molar refractivity (Wildman–Crippen MR) is 53.8 cm³/mol. The van der Waals surface area contributed by atoms with E-state index in [1.54, 1.807) is 18.3 Å². The Morgan fingerprint density at radius 2 is 2.44 bits per heavy atom. The number of rotatable bonds is 2. The molecule has 7 heteroatoms. The van der Waals surface area contributed by atoms with Crippen molar-refractivity contribution in [2.24, 2.45) is 0 Å². The number of nitrogens with zero attached hydrogens (tertiary/aromatic N) is 1. The molecular formula is C9H10NO5P. The van der Waals surface area contributed by atoms with E-state index in [1.807, 2.05) is 0 Å². The van der Waals surface area contributed by atoms with Crippen LogP contribution in [0.2, 0.25) is 0 Å². The molecule has 0 radical (unpaired) electrons. The molecule has 0 aliphatic carbocycles. The Balaban J connectivity index is 2.14. The van der Waals surface area contributed by atoms with E-state index in [2.05, 4.69) is 9.51 Å². The Hall–Kier alpha value is -1.07. The van der Waals surface area contributed by atoms with E-state index in [1.165, 1.54) is 6.20 Å². The van der Waals surface area contributed by atoms with Crippen molar-refractivity contribution in [3.8, 4) is 0 Å². The molecule has 0 spiro atoms. The van der Waals surface area contributed by atoms with Gasteiger partial charge in [0.25, 0.3) is 0 Å². The predicted octanol–water partition coefficient (Wildman–Crippen LogP) is 1.17. The summed E-state index contributed by atoms with van der Waals surface area (Å²) in [4.78, 5) is 24.7. The maximum absolute atomic E-state index is 11.8. The maximum atomic E-state index is 11.8. The highest BCUT2D eigenvalue weighted by atomic mass is 31.2. The van der Waals surface area contributed by atoms with Gasteiger partial charge in [0.2, 0.25) is 0 Å². The van der Waals surface area contributed by atoms with Crippen LogP contribution in [0.25, 0.3) is 0 Å². The third-order valence-corrected chi connectivity index (χ3v) is 3.16. The van der Waals surface area contributed by atoms with Crippen LogP contribution in [0.3, 0.4) is 0 Å². The van der Waals surface area contributed by atoms with Gasteiger partial charge in [0, 0.05) is 24.4 Å². The first-order valence-corrected chi connectivity index (χ1v) is 6.18. The molecule has 1 aliphatic rings. The summed E-state index contributed by atoms with van der Waals surface area (Å²) in [5.41, 5.74) is 0.356. The second-order valence-electron chi connectivity index (χ2n) is 3.29. The van der Waals surface area contributed by atoms with Gasteiger partial charge in [-0.15, -0.1) is 0 Å². The Labute approximate surface area is 91.8 Å². The van der Waals surface area contributed by atoms with Crippen molar-refractivity contribution in [2.75, 3.05) is 6.61 Å². The minimum Gasteiger partial charge on any atom is -0.302 e. The van der Waals surface area contributed by atoms with Gasteiger partial charge in [0.05, 0.1) is 6.61 Å². The van der Waals surface area contributed by atoms with Crippen molar-refractivity contribution in [2.45, 2.75) is 12.5 Å². The highest BCUT2D eigenvalue weighted by Gasteiger charge is 2.35. The maximum Gasteiger partial charge on any atom is 0.472 e. The van der Waals surface area contributed by atoms with Crippen molar-refractivity contribution in [3.63, 3.8) is 0 Å². The van der Waals surface area contributed by atoms with Crippen LogP contribution in [0.4, 0.5) is 0 Å². The van der Waals surface area contributed by atoms with E-state index >= 15 is 0 Å². The van der Waals surface area contributed by atoms with Gasteiger partial charge in [0.1, 0.15) is 6.10 Å². The molecule has 0 aromatic carbocycles. The number of aromatic nitrogens is 1. The van der Waals surface area contributed by atoms with Gasteiger partial charge in [-0.25, -0.2) is 4.57 Å². The van der Waals surface area contributed by atoms with Crippen LogP contribution in [-0.4, -0.2) is 28.4 Å². The van der Waals surface area contributed by atoms with E-state index in [-0.39, 0.29) is 18.8 Å². The first kappa shape index (κ1) is 11.4. The van der Waals surface area contributed by atoms with E-state index in [9.17, 15) is 9.36 Å². The third-order valence-electron chi connectivity index (χ3n) is 2.13. The van der Waals surface area contributed by atoms with E-state index < -0.39 is 13.9 Å². The second-order valence-corrected chi connectivity index (χ2v) is 4.70. The fourth-order valence-corrected chi connectivity index (χ4v) is 2.31. The Kier molecular flexibility index (Phi) is 3.16. The number of Topliss-reactive ketones (excluding diaryl/α,β-unsaturated/α-hetero) is 1. The Bertz CT molecular complexity index is 435. The summed E-state index contributed by atoms with van der Waals surface area (Å²) in [7, 11) is -4.06. The minimum absolute atomic E-state index is 0.0322.